The van der Waals surface area contributed by atoms with Crippen molar-refractivity contribution in [2.75, 3.05) is 7.11 Å². The number of rotatable bonds is 2. The van der Waals surface area contributed by atoms with E-state index in [9.17, 15) is 0 Å². The number of halogens is 1. The standard InChI is InChI=1S/C13H23ClO/c1-15-13-8-4-7-12(13)10-5-2-3-6-11(14)9-10/h10-13H,2-9H2,1H3. The molecule has 2 saturated carbocycles. The molecule has 0 aromatic heterocycles. The van der Waals surface area contributed by atoms with Gasteiger partial charge in [0.05, 0.1) is 6.10 Å². The molecule has 88 valence electrons. The summed E-state index contributed by atoms with van der Waals surface area (Å²) in [5.41, 5.74) is 0. The molecular formula is C13H23ClO. The van der Waals surface area contributed by atoms with Crippen LogP contribution in [0.15, 0.2) is 0 Å². The Morgan fingerprint density at radius 2 is 1.80 bits per heavy atom. The molecule has 0 heterocycles. The fourth-order valence-corrected chi connectivity index (χ4v) is 3.90. The van der Waals surface area contributed by atoms with Crippen molar-refractivity contribution in [2.24, 2.45) is 11.8 Å². The Labute approximate surface area is 98.5 Å². The van der Waals surface area contributed by atoms with Gasteiger partial charge in [0.2, 0.25) is 0 Å². The first-order valence-corrected chi connectivity index (χ1v) is 6.91. The predicted octanol–water partition coefficient (Wildman–Crippen LogP) is 3.99. The zero-order valence-electron chi connectivity index (χ0n) is 9.75. The molecule has 1 nitrogen and oxygen atoms in total. The van der Waals surface area contributed by atoms with Crippen LogP contribution in [0.1, 0.15) is 51.4 Å². The molecule has 2 fully saturated rings. The van der Waals surface area contributed by atoms with Gasteiger partial charge in [0.25, 0.3) is 0 Å². The van der Waals surface area contributed by atoms with Crippen molar-refractivity contribution < 1.29 is 4.74 Å². The van der Waals surface area contributed by atoms with Crippen LogP contribution in [0.4, 0.5) is 0 Å². The Hall–Kier alpha value is 0.250. The zero-order valence-corrected chi connectivity index (χ0v) is 10.5. The highest BCUT2D eigenvalue weighted by Crippen LogP contribution is 2.40. The highest BCUT2D eigenvalue weighted by atomic mass is 35.5. The quantitative estimate of drug-likeness (QED) is 0.515. The van der Waals surface area contributed by atoms with Crippen molar-refractivity contribution in [1.82, 2.24) is 0 Å². The van der Waals surface area contributed by atoms with Crippen LogP contribution in [0.5, 0.6) is 0 Å². The average molecular weight is 231 g/mol. The fourth-order valence-electron chi connectivity index (χ4n) is 3.51. The second-order valence-corrected chi connectivity index (χ2v) is 5.86. The maximum absolute atomic E-state index is 6.34. The third-order valence-corrected chi connectivity index (χ3v) is 4.71. The molecule has 2 aliphatic carbocycles. The second-order valence-electron chi connectivity index (χ2n) is 5.25. The topological polar surface area (TPSA) is 9.23 Å². The average Bonchev–Trinajstić information content (AvgIpc) is 2.61. The lowest BCUT2D eigenvalue weighted by atomic mass is 9.83. The van der Waals surface area contributed by atoms with Crippen molar-refractivity contribution in [3.05, 3.63) is 0 Å². The van der Waals surface area contributed by atoms with Gasteiger partial charge >= 0.3 is 0 Å². The number of ether oxygens (including phenoxy) is 1. The molecule has 0 amide bonds. The SMILES string of the molecule is COC1CCCC1C1CCCCC(Cl)C1. The molecule has 4 atom stereocenters. The summed E-state index contributed by atoms with van der Waals surface area (Å²) in [6.45, 7) is 0. The summed E-state index contributed by atoms with van der Waals surface area (Å²) in [5, 5.41) is 0.426. The van der Waals surface area contributed by atoms with Crippen molar-refractivity contribution >= 4 is 11.6 Å². The number of alkyl halides is 1. The minimum atomic E-state index is 0.426. The molecule has 0 aromatic carbocycles. The molecule has 2 aliphatic rings. The van der Waals surface area contributed by atoms with Gasteiger partial charge in [-0.1, -0.05) is 25.7 Å². The molecule has 2 rings (SSSR count). The molecular weight excluding hydrogens is 208 g/mol. The van der Waals surface area contributed by atoms with Gasteiger partial charge in [-0.05, 0) is 37.5 Å². The molecule has 0 saturated heterocycles. The van der Waals surface area contributed by atoms with E-state index in [1.165, 1.54) is 51.4 Å². The van der Waals surface area contributed by atoms with E-state index in [-0.39, 0.29) is 0 Å². The van der Waals surface area contributed by atoms with Gasteiger partial charge in [0.1, 0.15) is 0 Å². The number of hydrogen-bond donors (Lipinski definition) is 0. The first kappa shape index (κ1) is 11.7. The second kappa shape index (κ2) is 5.54. The van der Waals surface area contributed by atoms with Crippen molar-refractivity contribution in [3.8, 4) is 0 Å². The van der Waals surface area contributed by atoms with Crippen molar-refractivity contribution in [2.45, 2.75) is 62.8 Å². The van der Waals surface area contributed by atoms with Gasteiger partial charge in [-0.2, -0.15) is 0 Å². The molecule has 0 N–H and O–H groups in total. The Morgan fingerprint density at radius 1 is 1.00 bits per heavy atom. The maximum Gasteiger partial charge on any atom is 0.0602 e. The van der Waals surface area contributed by atoms with E-state index in [0.29, 0.717) is 11.5 Å². The van der Waals surface area contributed by atoms with Crippen LogP contribution < -0.4 is 0 Å². The zero-order chi connectivity index (χ0) is 10.7. The molecule has 2 heteroatoms. The Bertz CT molecular complexity index is 195. The highest BCUT2D eigenvalue weighted by Gasteiger charge is 2.35. The minimum absolute atomic E-state index is 0.426. The van der Waals surface area contributed by atoms with E-state index < -0.39 is 0 Å². The normalized spacial score (nSPS) is 42.8. The summed E-state index contributed by atoms with van der Waals surface area (Å²) in [6, 6.07) is 0. The lowest BCUT2D eigenvalue weighted by Crippen LogP contribution is -2.25. The summed E-state index contributed by atoms with van der Waals surface area (Å²) in [7, 11) is 1.87. The molecule has 0 aliphatic heterocycles. The third kappa shape index (κ3) is 2.88. The molecule has 4 unspecified atom stereocenters. The van der Waals surface area contributed by atoms with E-state index in [1.54, 1.807) is 0 Å². The van der Waals surface area contributed by atoms with Crippen LogP contribution in [0.25, 0.3) is 0 Å². The van der Waals surface area contributed by atoms with Crippen molar-refractivity contribution in [3.63, 3.8) is 0 Å². The van der Waals surface area contributed by atoms with Gasteiger partial charge in [0.15, 0.2) is 0 Å². The summed E-state index contributed by atoms with van der Waals surface area (Å²) in [5.74, 6) is 1.64. The monoisotopic (exact) mass is 230 g/mol. The number of methoxy groups -OCH3 is 1. The van der Waals surface area contributed by atoms with Gasteiger partial charge in [0, 0.05) is 12.5 Å². The first-order valence-electron chi connectivity index (χ1n) is 6.48. The summed E-state index contributed by atoms with van der Waals surface area (Å²) in [4.78, 5) is 0. The van der Waals surface area contributed by atoms with E-state index in [2.05, 4.69) is 0 Å². The van der Waals surface area contributed by atoms with Gasteiger partial charge in [-0.25, -0.2) is 0 Å². The van der Waals surface area contributed by atoms with Gasteiger partial charge < -0.3 is 4.74 Å². The smallest absolute Gasteiger partial charge is 0.0602 e. The molecule has 0 bridgehead atoms. The Morgan fingerprint density at radius 3 is 2.60 bits per heavy atom. The molecule has 0 spiro atoms. The van der Waals surface area contributed by atoms with E-state index in [4.69, 9.17) is 16.3 Å². The maximum atomic E-state index is 6.34. The van der Waals surface area contributed by atoms with Crippen molar-refractivity contribution in [1.29, 1.82) is 0 Å². The van der Waals surface area contributed by atoms with Crippen LogP contribution in [0, 0.1) is 11.8 Å². The highest BCUT2D eigenvalue weighted by molar-refractivity contribution is 6.20. The fraction of sp³-hybridized carbons (Fsp3) is 1.00. The van der Waals surface area contributed by atoms with Crippen LogP contribution in [-0.2, 0) is 4.74 Å². The summed E-state index contributed by atoms with van der Waals surface area (Å²) in [6.07, 6.45) is 11.1. The van der Waals surface area contributed by atoms with Crippen LogP contribution in [0.3, 0.4) is 0 Å². The molecule has 0 radical (unpaired) electrons. The van der Waals surface area contributed by atoms with Gasteiger partial charge in [-0.15, -0.1) is 11.6 Å². The van der Waals surface area contributed by atoms with Crippen LogP contribution >= 0.6 is 11.6 Å². The summed E-state index contributed by atoms with van der Waals surface area (Å²) >= 11 is 6.34. The lowest BCUT2D eigenvalue weighted by molar-refractivity contribution is 0.0441. The first-order chi connectivity index (χ1) is 7.31. The lowest BCUT2D eigenvalue weighted by Gasteiger charge is -2.27. The van der Waals surface area contributed by atoms with Gasteiger partial charge in [-0.3, -0.25) is 0 Å². The summed E-state index contributed by atoms with van der Waals surface area (Å²) < 4.78 is 5.61. The van der Waals surface area contributed by atoms with E-state index in [0.717, 1.165) is 11.8 Å². The third-order valence-electron chi connectivity index (χ3n) is 4.31. The largest absolute Gasteiger partial charge is 0.381 e. The van der Waals surface area contributed by atoms with E-state index in [1.807, 2.05) is 7.11 Å². The Kier molecular flexibility index (Phi) is 4.33. The van der Waals surface area contributed by atoms with Crippen LogP contribution in [0.2, 0.25) is 0 Å². The predicted molar refractivity (Wildman–Crippen MR) is 64.4 cm³/mol. The van der Waals surface area contributed by atoms with E-state index >= 15 is 0 Å². The Balaban J connectivity index is 1.95. The molecule has 15 heavy (non-hydrogen) atoms. The minimum Gasteiger partial charge on any atom is -0.381 e. The van der Waals surface area contributed by atoms with Crippen LogP contribution in [-0.4, -0.2) is 18.6 Å². The molecule has 0 aromatic rings. The number of hydrogen-bond acceptors (Lipinski definition) is 1.